The van der Waals surface area contributed by atoms with Crippen LogP contribution in [-0.2, 0) is 9.59 Å². The van der Waals surface area contributed by atoms with E-state index >= 15 is 0 Å². The average Bonchev–Trinajstić information content (AvgIpc) is 2.57. The third-order valence-electron chi connectivity index (χ3n) is 2.53. The van der Waals surface area contributed by atoms with Gasteiger partial charge in [-0.2, -0.15) is 0 Å². The smallest absolute Gasteiger partial charge is 0.265 e. The van der Waals surface area contributed by atoms with Gasteiger partial charge < -0.3 is 10.0 Å². The van der Waals surface area contributed by atoms with Crippen molar-refractivity contribution in [2.24, 2.45) is 5.92 Å². The van der Waals surface area contributed by atoms with Gasteiger partial charge >= 0.3 is 0 Å². The molecule has 0 bridgehead atoms. The van der Waals surface area contributed by atoms with E-state index in [-0.39, 0.29) is 12.5 Å². The molecule has 14 heavy (non-hydrogen) atoms. The van der Waals surface area contributed by atoms with Crippen LogP contribution in [0.4, 0.5) is 0 Å². The van der Waals surface area contributed by atoms with Crippen LogP contribution in [0.2, 0.25) is 0 Å². The van der Waals surface area contributed by atoms with Crippen LogP contribution in [0.3, 0.4) is 0 Å². The molecule has 6 nitrogen and oxygen atoms in total. The van der Waals surface area contributed by atoms with Crippen LogP contribution in [0.15, 0.2) is 0 Å². The van der Waals surface area contributed by atoms with Crippen molar-refractivity contribution in [3.8, 4) is 0 Å². The first-order valence-electron chi connectivity index (χ1n) is 4.47. The minimum Gasteiger partial charge on any atom is -0.396 e. The van der Waals surface area contributed by atoms with E-state index in [0.29, 0.717) is 13.0 Å². The Hall–Kier alpha value is -1.14. The molecule has 0 aromatic heterocycles. The summed E-state index contributed by atoms with van der Waals surface area (Å²) in [6.45, 7) is 1.78. The van der Waals surface area contributed by atoms with Crippen molar-refractivity contribution in [1.82, 2.24) is 10.4 Å². The van der Waals surface area contributed by atoms with Crippen LogP contribution in [0.5, 0.6) is 0 Å². The Bertz CT molecular complexity index is 243. The zero-order chi connectivity index (χ0) is 10.7. The lowest BCUT2D eigenvalue weighted by Crippen LogP contribution is -2.45. The lowest BCUT2D eigenvalue weighted by molar-refractivity contribution is -0.143. The highest BCUT2D eigenvalue weighted by atomic mass is 16.5. The maximum atomic E-state index is 11.5. The molecule has 1 aliphatic rings. The zero-order valence-electron chi connectivity index (χ0n) is 7.93. The lowest BCUT2D eigenvalue weighted by atomic mass is 10.1. The topological polar surface area (TPSA) is 89.9 Å². The number of aliphatic hydroxyl groups excluding tert-OH is 1. The summed E-state index contributed by atoms with van der Waals surface area (Å²) in [5, 5.41) is 17.2. The van der Waals surface area contributed by atoms with Crippen LogP contribution in [0.1, 0.15) is 13.3 Å². The molecule has 6 heteroatoms. The third kappa shape index (κ3) is 1.85. The number of rotatable bonds is 3. The van der Waals surface area contributed by atoms with Crippen molar-refractivity contribution in [3.05, 3.63) is 0 Å². The molecule has 1 heterocycles. The highest BCUT2D eigenvalue weighted by Crippen LogP contribution is 2.19. The van der Waals surface area contributed by atoms with Gasteiger partial charge in [-0.25, -0.2) is 5.48 Å². The summed E-state index contributed by atoms with van der Waals surface area (Å²) in [6.07, 6.45) is 0.554. The van der Waals surface area contributed by atoms with Gasteiger partial charge in [0.15, 0.2) is 0 Å². The van der Waals surface area contributed by atoms with E-state index < -0.39 is 17.9 Å². The number of amides is 2. The maximum Gasteiger partial charge on any atom is 0.265 e. The minimum absolute atomic E-state index is 0.192. The molecule has 0 aliphatic carbocycles. The number of hydrogen-bond donors (Lipinski definition) is 3. The average molecular weight is 202 g/mol. The highest BCUT2D eigenvalue weighted by molar-refractivity contribution is 5.88. The Morgan fingerprint density at radius 2 is 2.43 bits per heavy atom. The van der Waals surface area contributed by atoms with Crippen molar-refractivity contribution in [2.75, 3.05) is 13.2 Å². The van der Waals surface area contributed by atoms with Gasteiger partial charge in [0.2, 0.25) is 5.91 Å². The number of carbonyl (C=O) groups is 2. The zero-order valence-corrected chi connectivity index (χ0v) is 7.93. The summed E-state index contributed by atoms with van der Waals surface area (Å²) >= 11 is 0. The van der Waals surface area contributed by atoms with E-state index in [1.165, 1.54) is 17.3 Å². The monoisotopic (exact) mass is 202 g/mol. The molecule has 1 aliphatic heterocycles. The first-order valence-corrected chi connectivity index (χ1v) is 4.47. The van der Waals surface area contributed by atoms with E-state index in [1.807, 2.05) is 0 Å². The molecular formula is C8H14N2O4. The predicted octanol–water partition coefficient (Wildman–Crippen LogP) is -1.28. The summed E-state index contributed by atoms with van der Waals surface area (Å²) in [5.74, 6) is -1.25. The molecule has 2 unspecified atom stereocenters. The van der Waals surface area contributed by atoms with Gasteiger partial charge in [-0.3, -0.25) is 14.8 Å². The van der Waals surface area contributed by atoms with Gasteiger partial charge in [0.25, 0.3) is 5.91 Å². The summed E-state index contributed by atoms with van der Waals surface area (Å²) < 4.78 is 0. The Balaban J connectivity index is 2.63. The Morgan fingerprint density at radius 3 is 2.86 bits per heavy atom. The molecule has 1 saturated heterocycles. The van der Waals surface area contributed by atoms with Crippen LogP contribution in [0, 0.1) is 5.92 Å². The van der Waals surface area contributed by atoms with Crippen molar-refractivity contribution >= 4 is 11.8 Å². The number of carbonyl (C=O) groups excluding carboxylic acids is 2. The number of nitrogens with zero attached hydrogens (tertiary/aromatic N) is 1. The summed E-state index contributed by atoms with van der Waals surface area (Å²) in [6, 6.07) is -0.691. The fraction of sp³-hybridized carbons (Fsp3) is 0.750. The summed E-state index contributed by atoms with van der Waals surface area (Å²) in [7, 11) is 0. The van der Waals surface area contributed by atoms with Gasteiger partial charge in [0, 0.05) is 6.54 Å². The number of likely N-dealkylation sites (tertiary alicyclic amines) is 1. The second-order valence-corrected chi connectivity index (χ2v) is 3.35. The van der Waals surface area contributed by atoms with Gasteiger partial charge in [0.05, 0.1) is 12.5 Å². The second-order valence-electron chi connectivity index (χ2n) is 3.35. The normalized spacial score (nSPS) is 23.8. The Labute approximate surface area is 81.5 Å². The highest BCUT2D eigenvalue weighted by Gasteiger charge is 2.36. The molecule has 0 saturated carbocycles. The van der Waals surface area contributed by atoms with Gasteiger partial charge in [-0.15, -0.1) is 0 Å². The lowest BCUT2D eigenvalue weighted by Gasteiger charge is -2.22. The molecule has 2 amide bonds. The van der Waals surface area contributed by atoms with Crippen LogP contribution in [0.25, 0.3) is 0 Å². The van der Waals surface area contributed by atoms with Crippen LogP contribution in [-0.4, -0.2) is 46.2 Å². The second kappa shape index (κ2) is 4.39. The first kappa shape index (κ1) is 10.9. The SMILES string of the molecule is CC(C(=O)NO)N1CCC(CO)C1=O. The van der Waals surface area contributed by atoms with E-state index in [1.54, 1.807) is 0 Å². The van der Waals surface area contributed by atoms with Crippen LogP contribution < -0.4 is 5.48 Å². The molecule has 0 aromatic rings. The summed E-state index contributed by atoms with van der Waals surface area (Å²) in [4.78, 5) is 23.9. The van der Waals surface area contributed by atoms with Crippen LogP contribution >= 0.6 is 0 Å². The van der Waals surface area contributed by atoms with Crippen molar-refractivity contribution in [1.29, 1.82) is 0 Å². The number of hydrogen-bond acceptors (Lipinski definition) is 4. The fourth-order valence-electron chi connectivity index (χ4n) is 1.55. The Morgan fingerprint density at radius 1 is 1.79 bits per heavy atom. The molecule has 1 fully saturated rings. The maximum absolute atomic E-state index is 11.5. The van der Waals surface area contributed by atoms with Gasteiger partial charge in [0.1, 0.15) is 6.04 Å². The molecule has 80 valence electrons. The van der Waals surface area contributed by atoms with Crippen molar-refractivity contribution in [2.45, 2.75) is 19.4 Å². The van der Waals surface area contributed by atoms with Gasteiger partial charge in [-0.05, 0) is 13.3 Å². The van der Waals surface area contributed by atoms with Crippen molar-refractivity contribution < 1.29 is 19.9 Å². The molecular weight excluding hydrogens is 188 g/mol. The number of hydroxylamine groups is 1. The number of nitrogens with one attached hydrogen (secondary N) is 1. The first-order chi connectivity index (χ1) is 6.61. The van der Waals surface area contributed by atoms with E-state index in [0.717, 1.165) is 0 Å². The largest absolute Gasteiger partial charge is 0.396 e. The minimum atomic E-state index is -0.691. The van der Waals surface area contributed by atoms with Crippen molar-refractivity contribution in [3.63, 3.8) is 0 Å². The fourth-order valence-corrected chi connectivity index (χ4v) is 1.55. The molecule has 1 rings (SSSR count). The molecule has 3 N–H and O–H groups in total. The van der Waals surface area contributed by atoms with E-state index in [9.17, 15) is 9.59 Å². The number of aliphatic hydroxyl groups is 1. The predicted molar refractivity (Wildman–Crippen MR) is 46.3 cm³/mol. The molecule has 0 aromatic carbocycles. The van der Waals surface area contributed by atoms with E-state index in [4.69, 9.17) is 10.3 Å². The molecule has 0 spiro atoms. The molecule has 2 atom stereocenters. The standard InChI is InChI=1S/C8H14N2O4/c1-5(7(12)9-14)10-3-2-6(4-11)8(10)13/h5-6,11,14H,2-4H2,1H3,(H,9,12). The quantitative estimate of drug-likeness (QED) is 0.393. The molecule has 0 radical (unpaired) electrons. The van der Waals surface area contributed by atoms with E-state index in [2.05, 4.69) is 0 Å². The summed E-state index contributed by atoms with van der Waals surface area (Å²) in [5.41, 5.74) is 1.50. The van der Waals surface area contributed by atoms with Gasteiger partial charge in [-0.1, -0.05) is 0 Å². The Kier molecular flexibility index (Phi) is 3.43. The third-order valence-corrected chi connectivity index (χ3v) is 2.53.